The Balaban J connectivity index is 0.00000180. The summed E-state index contributed by atoms with van der Waals surface area (Å²) in [6.45, 7) is 0.471. The van der Waals surface area contributed by atoms with E-state index in [1.807, 2.05) is 24.3 Å². The molecule has 1 amide bonds. The van der Waals surface area contributed by atoms with Crippen LogP contribution in [0.5, 0.6) is 5.75 Å². The maximum atomic E-state index is 11.8. The molecule has 1 aromatic carbocycles. The van der Waals surface area contributed by atoms with Crippen molar-refractivity contribution in [2.75, 3.05) is 7.11 Å². The van der Waals surface area contributed by atoms with Gasteiger partial charge in [-0.1, -0.05) is 12.1 Å². The number of nitrogens with one attached hydrogen (secondary N) is 1. The Morgan fingerprint density at radius 2 is 2.00 bits per heavy atom. The Hall–Kier alpha value is -2.07. The number of aromatic nitrogens is 1. The molecule has 0 spiro atoms. The average Bonchev–Trinajstić information content (AvgIpc) is 2.46. The summed E-state index contributed by atoms with van der Waals surface area (Å²) in [5, 5.41) is 2.84. The quantitative estimate of drug-likeness (QED) is 0.935. The lowest BCUT2D eigenvalue weighted by Crippen LogP contribution is -2.22. The molecule has 1 heterocycles. The van der Waals surface area contributed by atoms with Gasteiger partial charge in [-0.25, -0.2) is 0 Å². The van der Waals surface area contributed by atoms with E-state index in [1.165, 1.54) is 0 Å². The number of rotatable bonds is 4. The molecule has 2 rings (SSSR count). The first-order chi connectivity index (χ1) is 8.79. The zero-order valence-corrected chi connectivity index (χ0v) is 11.3. The predicted molar refractivity (Wildman–Crippen MR) is 75.6 cm³/mol. The van der Waals surface area contributed by atoms with Crippen molar-refractivity contribution in [2.45, 2.75) is 6.54 Å². The number of ether oxygens (including phenoxy) is 1. The van der Waals surface area contributed by atoms with Crippen LogP contribution in [0.15, 0.2) is 48.8 Å². The highest BCUT2D eigenvalue weighted by Gasteiger charge is 2.04. The van der Waals surface area contributed by atoms with Gasteiger partial charge in [0.2, 0.25) is 0 Å². The monoisotopic (exact) mass is 278 g/mol. The number of methoxy groups -OCH3 is 1. The van der Waals surface area contributed by atoms with Crippen molar-refractivity contribution >= 4 is 18.3 Å². The van der Waals surface area contributed by atoms with Crippen LogP contribution >= 0.6 is 12.4 Å². The van der Waals surface area contributed by atoms with Crippen LogP contribution in [-0.4, -0.2) is 18.0 Å². The molecule has 19 heavy (non-hydrogen) atoms. The van der Waals surface area contributed by atoms with Crippen molar-refractivity contribution < 1.29 is 9.53 Å². The Morgan fingerprint density at radius 3 is 2.68 bits per heavy atom. The van der Waals surface area contributed by atoms with Crippen LogP contribution in [-0.2, 0) is 6.54 Å². The molecule has 0 bridgehead atoms. The summed E-state index contributed by atoms with van der Waals surface area (Å²) in [5.41, 5.74) is 1.60. The SMILES string of the molecule is COc1cccc(CNC(=O)c2ccncc2)c1.Cl. The third-order valence-electron chi connectivity index (χ3n) is 2.53. The predicted octanol–water partition coefficient (Wildman–Crippen LogP) is 2.44. The topological polar surface area (TPSA) is 51.2 Å². The molecule has 0 unspecified atom stereocenters. The third kappa shape index (κ3) is 4.26. The van der Waals surface area contributed by atoms with Crippen molar-refractivity contribution in [1.82, 2.24) is 10.3 Å². The van der Waals surface area contributed by atoms with Gasteiger partial charge < -0.3 is 10.1 Å². The van der Waals surface area contributed by atoms with Crippen LogP contribution in [0.4, 0.5) is 0 Å². The second-order valence-corrected chi connectivity index (χ2v) is 3.77. The van der Waals surface area contributed by atoms with Gasteiger partial charge in [0.15, 0.2) is 0 Å². The fourth-order valence-corrected chi connectivity index (χ4v) is 1.57. The fourth-order valence-electron chi connectivity index (χ4n) is 1.57. The molecule has 5 heteroatoms. The highest BCUT2D eigenvalue weighted by molar-refractivity contribution is 5.93. The summed E-state index contributed by atoms with van der Waals surface area (Å²) in [7, 11) is 1.62. The molecular weight excluding hydrogens is 264 g/mol. The lowest BCUT2D eigenvalue weighted by atomic mass is 10.2. The zero-order chi connectivity index (χ0) is 12.8. The van der Waals surface area contributed by atoms with E-state index < -0.39 is 0 Å². The minimum atomic E-state index is -0.111. The molecule has 1 N–H and O–H groups in total. The molecule has 0 saturated carbocycles. The molecule has 0 aliphatic heterocycles. The van der Waals surface area contributed by atoms with Crippen LogP contribution in [0.3, 0.4) is 0 Å². The summed E-state index contributed by atoms with van der Waals surface area (Å²) in [6, 6.07) is 11.0. The van der Waals surface area contributed by atoms with Gasteiger partial charge in [-0.3, -0.25) is 9.78 Å². The number of amides is 1. The lowest BCUT2D eigenvalue weighted by Gasteiger charge is -2.06. The molecule has 0 fully saturated rings. The largest absolute Gasteiger partial charge is 0.497 e. The van der Waals surface area contributed by atoms with Crippen molar-refractivity contribution in [3.8, 4) is 5.75 Å². The van der Waals surface area contributed by atoms with Crippen LogP contribution in [0, 0.1) is 0 Å². The first-order valence-electron chi connectivity index (χ1n) is 5.61. The summed E-state index contributed by atoms with van der Waals surface area (Å²) >= 11 is 0. The Bertz CT molecular complexity index is 532. The van der Waals surface area contributed by atoms with Gasteiger partial charge >= 0.3 is 0 Å². The maximum Gasteiger partial charge on any atom is 0.251 e. The molecule has 0 aliphatic rings. The van der Waals surface area contributed by atoms with Crippen molar-refractivity contribution in [3.63, 3.8) is 0 Å². The molecule has 0 atom stereocenters. The van der Waals surface area contributed by atoms with E-state index in [0.717, 1.165) is 11.3 Å². The van der Waals surface area contributed by atoms with Crippen molar-refractivity contribution in [3.05, 3.63) is 59.9 Å². The molecular formula is C14H15ClN2O2. The minimum absolute atomic E-state index is 0. The summed E-state index contributed by atoms with van der Waals surface area (Å²) in [5.74, 6) is 0.672. The van der Waals surface area contributed by atoms with Gasteiger partial charge in [-0.15, -0.1) is 12.4 Å². The zero-order valence-electron chi connectivity index (χ0n) is 10.5. The summed E-state index contributed by atoms with van der Waals surface area (Å²) in [6.07, 6.45) is 3.20. The van der Waals surface area contributed by atoms with Gasteiger partial charge in [-0.05, 0) is 29.8 Å². The standard InChI is InChI=1S/C14H14N2O2.ClH/c1-18-13-4-2-3-11(9-13)10-16-14(17)12-5-7-15-8-6-12;/h2-9H,10H2,1H3,(H,16,17);1H. The summed E-state index contributed by atoms with van der Waals surface area (Å²) < 4.78 is 5.13. The normalized spacial score (nSPS) is 9.32. The molecule has 4 nitrogen and oxygen atoms in total. The number of pyridine rings is 1. The molecule has 0 radical (unpaired) electrons. The number of carbonyl (C=O) groups excluding carboxylic acids is 1. The number of benzene rings is 1. The number of carbonyl (C=O) groups is 1. The number of hydrogen-bond donors (Lipinski definition) is 1. The van der Waals surface area contributed by atoms with E-state index in [-0.39, 0.29) is 18.3 Å². The van der Waals surface area contributed by atoms with E-state index >= 15 is 0 Å². The summed E-state index contributed by atoms with van der Waals surface area (Å²) in [4.78, 5) is 15.7. The Labute approximate surface area is 118 Å². The highest BCUT2D eigenvalue weighted by Crippen LogP contribution is 2.12. The van der Waals surface area contributed by atoms with Crippen LogP contribution < -0.4 is 10.1 Å². The molecule has 0 saturated heterocycles. The van der Waals surface area contributed by atoms with Gasteiger partial charge in [0.25, 0.3) is 5.91 Å². The molecule has 1 aromatic heterocycles. The number of hydrogen-bond acceptors (Lipinski definition) is 3. The smallest absolute Gasteiger partial charge is 0.251 e. The van der Waals surface area contributed by atoms with Gasteiger partial charge in [-0.2, -0.15) is 0 Å². The van der Waals surface area contributed by atoms with E-state index in [2.05, 4.69) is 10.3 Å². The first kappa shape index (κ1) is 15.0. The number of halogens is 1. The lowest BCUT2D eigenvalue weighted by molar-refractivity contribution is 0.0950. The Morgan fingerprint density at radius 1 is 1.26 bits per heavy atom. The molecule has 100 valence electrons. The average molecular weight is 279 g/mol. The Kier molecular flexibility index (Phi) is 5.82. The van der Waals surface area contributed by atoms with Gasteiger partial charge in [0.1, 0.15) is 5.75 Å². The van der Waals surface area contributed by atoms with Crippen LogP contribution in [0.2, 0.25) is 0 Å². The van der Waals surface area contributed by atoms with E-state index in [9.17, 15) is 4.79 Å². The molecule has 2 aromatic rings. The molecule has 0 aliphatic carbocycles. The third-order valence-corrected chi connectivity index (χ3v) is 2.53. The second-order valence-electron chi connectivity index (χ2n) is 3.77. The first-order valence-corrected chi connectivity index (χ1v) is 5.61. The highest BCUT2D eigenvalue weighted by atomic mass is 35.5. The van der Waals surface area contributed by atoms with Gasteiger partial charge in [0, 0.05) is 24.5 Å². The van der Waals surface area contributed by atoms with E-state index in [0.29, 0.717) is 12.1 Å². The fraction of sp³-hybridized carbons (Fsp3) is 0.143. The maximum absolute atomic E-state index is 11.8. The van der Waals surface area contributed by atoms with Crippen LogP contribution in [0.25, 0.3) is 0 Å². The van der Waals surface area contributed by atoms with Crippen molar-refractivity contribution in [1.29, 1.82) is 0 Å². The van der Waals surface area contributed by atoms with Crippen molar-refractivity contribution in [2.24, 2.45) is 0 Å². The van der Waals surface area contributed by atoms with E-state index in [4.69, 9.17) is 4.74 Å². The minimum Gasteiger partial charge on any atom is -0.497 e. The van der Waals surface area contributed by atoms with Crippen LogP contribution in [0.1, 0.15) is 15.9 Å². The van der Waals surface area contributed by atoms with Gasteiger partial charge in [0.05, 0.1) is 7.11 Å². The number of nitrogens with zero attached hydrogens (tertiary/aromatic N) is 1. The second kappa shape index (κ2) is 7.38. The van der Waals surface area contributed by atoms with E-state index in [1.54, 1.807) is 31.6 Å².